The number of rotatable bonds is 4. The molecule has 1 aromatic heterocycles. The van der Waals surface area contributed by atoms with Gasteiger partial charge in [0.1, 0.15) is 5.82 Å². The van der Waals surface area contributed by atoms with Gasteiger partial charge in [0.25, 0.3) is 0 Å². The van der Waals surface area contributed by atoms with Crippen LogP contribution in [0.5, 0.6) is 0 Å². The van der Waals surface area contributed by atoms with Gasteiger partial charge in [-0.2, -0.15) is 5.10 Å². The second kappa shape index (κ2) is 9.53. The number of aryl methyl sites for hydroxylation is 2. The van der Waals surface area contributed by atoms with E-state index >= 15 is 0 Å². The minimum atomic E-state index is -0.298. The van der Waals surface area contributed by atoms with Crippen LogP contribution in [0, 0.1) is 25.6 Å². The first kappa shape index (κ1) is 23.4. The Morgan fingerprint density at radius 3 is 2.70 bits per heavy atom. The highest BCUT2D eigenvalue weighted by Gasteiger charge is 2.21. The normalized spacial score (nSPS) is 13.8. The fraction of sp³-hybridized carbons (Fsp3) is 0.474. The number of halogens is 3. The Kier molecular flexibility index (Phi) is 8.26. The minimum absolute atomic E-state index is 0. The fourth-order valence-corrected chi connectivity index (χ4v) is 3.40. The van der Waals surface area contributed by atoms with E-state index in [9.17, 15) is 9.18 Å². The third-order valence-electron chi connectivity index (χ3n) is 5.08. The summed E-state index contributed by atoms with van der Waals surface area (Å²) in [6.45, 7) is 7.25. The maximum atomic E-state index is 14.7. The zero-order chi connectivity index (χ0) is 18.1. The summed E-state index contributed by atoms with van der Waals surface area (Å²) in [7, 11) is 1.90. The molecule has 8 heteroatoms. The Bertz CT molecular complexity index is 823. The first-order valence-corrected chi connectivity index (χ1v) is 8.69. The monoisotopic (exact) mass is 416 g/mol. The molecule has 0 bridgehead atoms. The highest BCUT2D eigenvalue weighted by Crippen LogP contribution is 2.25. The topological polar surface area (TPSA) is 59.0 Å². The van der Waals surface area contributed by atoms with E-state index in [-0.39, 0.29) is 48.1 Å². The van der Waals surface area contributed by atoms with Crippen molar-refractivity contribution >= 4 is 36.4 Å². The molecule has 0 spiro atoms. The molecule has 1 aliphatic heterocycles. The predicted octanol–water partition coefficient (Wildman–Crippen LogP) is 3.48. The molecule has 150 valence electrons. The van der Waals surface area contributed by atoms with Crippen LogP contribution in [0.1, 0.15) is 35.0 Å². The van der Waals surface area contributed by atoms with Crippen LogP contribution in [0.2, 0.25) is 0 Å². The van der Waals surface area contributed by atoms with Crippen molar-refractivity contribution in [2.75, 3.05) is 11.9 Å². The van der Waals surface area contributed by atoms with Gasteiger partial charge in [0, 0.05) is 25.2 Å². The summed E-state index contributed by atoms with van der Waals surface area (Å²) < 4.78 is 16.5. The van der Waals surface area contributed by atoms with Crippen LogP contribution in [0.25, 0.3) is 0 Å². The average molecular weight is 417 g/mol. The number of hydrogen-bond acceptors (Lipinski definition) is 3. The highest BCUT2D eigenvalue weighted by atomic mass is 35.5. The summed E-state index contributed by atoms with van der Waals surface area (Å²) in [6, 6.07) is 3.55. The molecule has 5 nitrogen and oxygen atoms in total. The number of amides is 1. The lowest BCUT2D eigenvalue weighted by molar-refractivity contribution is -0.119. The molecular formula is C19H27Cl2FN4O. The Morgan fingerprint density at radius 2 is 2.07 bits per heavy atom. The van der Waals surface area contributed by atoms with Gasteiger partial charge in [0.15, 0.2) is 0 Å². The van der Waals surface area contributed by atoms with Crippen LogP contribution in [0.3, 0.4) is 0 Å². The van der Waals surface area contributed by atoms with E-state index in [2.05, 4.69) is 15.7 Å². The molecule has 3 rings (SSSR count). The van der Waals surface area contributed by atoms with Gasteiger partial charge in [-0.3, -0.25) is 9.48 Å². The lowest BCUT2D eigenvalue weighted by atomic mass is 9.97. The van der Waals surface area contributed by atoms with Crippen LogP contribution < -0.4 is 10.6 Å². The smallest absolute Gasteiger partial charge is 0.227 e. The van der Waals surface area contributed by atoms with E-state index in [4.69, 9.17) is 0 Å². The molecule has 1 aromatic carbocycles. The molecular weight excluding hydrogens is 390 g/mol. The molecule has 0 saturated heterocycles. The number of nitrogens with zero attached hydrogens (tertiary/aromatic N) is 2. The molecule has 27 heavy (non-hydrogen) atoms. The summed E-state index contributed by atoms with van der Waals surface area (Å²) in [6.07, 6.45) is 1.24. The third kappa shape index (κ3) is 4.81. The summed E-state index contributed by atoms with van der Waals surface area (Å²) in [5.41, 5.74) is 5.04. The van der Waals surface area contributed by atoms with E-state index in [1.165, 1.54) is 0 Å². The van der Waals surface area contributed by atoms with Gasteiger partial charge in [0.2, 0.25) is 5.91 Å². The Labute approximate surface area is 171 Å². The number of nitrogens with one attached hydrogen (secondary N) is 2. The fourth-order valence-electron chi connectivity index (χ4n) is 3.40. The van der Waals surface area contributed by atoms with Gasteiger partial charge in [-0.25, -0.2) is 4.39 Å². The zero-order valence-corrected chi connectivity index (χ0v) is 17.7. The summed E-state index contributed by atoms with van der Waals surface area (Å²) in [5.74, 6) is -0.734. The Balaban J connectivity index is 0.00000182. The van der Waals surface area contributed by atoms with Gasteiger partial charge >= 0.3 is 0 Å². The lowest BCUT2D eigenvalue weighted by Crippen LogP contribution is -2.26. The van der Waals surface area contributed by atoms with Crippen molar-refractivity contribution < 1.29 is 9.18 Å². The van der Waals surface area contributed by atoms with Gasteiger partial charge < -0.3 is 10.6 Å². The molecule has 1 amide bonds. The SMILES string of the molecule is Cc1nn(C)c(C)c1CC(C)C(=O)Nc1ccc2c(c1F)CCNC2.Cl.Cl. The van der Waals surface area contributed by atoms with E-state index in [0.29, 0.717) is 24.9 Å². The summed E-state index contributed by atoms with van der Waals surface area (Å²) in [5, 5.41) is 10.4. The molecule has 2 aromatic rings. The van der Waals surface area contributed by atoms with Gasteiger partial charge in [-0.15, -0.1) is 24.8 Å². The molecule has 0 radical (unpaired) electrons. The van der Waals surface area contributed by atoms with Crippen LogP contribution >= 0.6 is 24.8 Å². The number of hydrogen-bond donors (Lipinski definition) is 2. The summed E-state index contributed by atoms with van der Waals surface area (Å²) in [4.78, 5) is 12.5. The maximum Gasteiger partial charge on any atom is 0.227 e. The molecule has 0 fully saturated rings. The van der Waals surface area contributed by atoms with E-state index in [1.807, 2.05) is 38.6 Å². The molecule has 1 aliphatic rings. The van der Waals surface area contributed by atoms with E-state index < -0.39 is 0 Å². The summed E-state index contributed by atoms with van der Waals surface area (Å²) >= 11 is 0. The predicted molar refractivity (Wildman–Crippen MR) is 110 cm³/mol. The largest absolute Gasteiger partial charge is 0.323 e. The number of fused-ring (bicyclic) bond motifs is 1. The van der Waals surface area contributed by atoms with Gasteiger partial charge in [0.05, 0.1) is 11.4 Å². The van der Waals surface area contributed by atoms with Crippen LogP contribution in [-0.2, 0) is 31.2 Å². The number of carbonyl (C=O) groups is 1. The van der Waals surface area contributed by atoms with Crippen molar-refractivity contribution in [1.82, 2.24) is 15.1 Å². The third-order valence-corrected chi connectivity index (χ3v) is 5.08. The first-order valence-electron chi connectivity index (χ1n) is 8.69. The molecule has 2 N–H and O–H groups in total. The van der Waals surface area contributed by atoms with Crippen LogP contribution in [0.15, 0.2) is 12.1 Å². The average Bonchev–Trinajstić information content (AvgIpc) is 2.83. The molecule has 1 unspecified atom stereocenters. The molecule has 1 atom stereocenters. The Hall–Kier alpha value is -1.63. The number of benzene rings is 1. The quantitative estimate of drug-likeness (QED) is 0.801. The van der Waals surface area contributed by atoms with Crippen molar-refractivity contribution in [3.63, 3.8) is 0 Å². The van der Waals surface area contributed by atoms with E-state index in [1.54, 1.807) is 6.07 Å². The maximum absolute atomic E-state index is 14.7. The molecule has 2 heterocycles. The van der Waals surface area contributed by atoms with Crippen molar-refractivity contribution in [1.29, 1.82) is 0 Å². The lowest BCUT2D eigenvalue weighted by Gasteiger charge is -2.20. The van der Waals surface area contributed by atoms with Gasteiger partial charge in [-0.05, 0) is 56.0 Å². The van der Waals surface area contributed by atoms with Crippen LogP contribution in [0.4, 0.5) is 10.1 Å². The first-order chi connectivity index (χ1) is 11.9. The van der Waals surface area contributed by atoms with E-state index in [0.717, 1.165) is 29.1 Å². The molecule has 0 saturated carbocycles. The van der Waals surface area contributed by atoms with Crippen molar-refractivity contribution in [3.05, 3.63) is 46.0 Å². The van der Waals surface area contributed by atoms with Crippen molar-refractivity contribution in [2.24, 2.45) is 13.0 Å². The second-order valence-electron chi connectivity index (χ2n) is 6.86. The minimum Gasteiger partial charge on any atom is -0.323 e. The van der Waals surface area contributed by atoms with Crippen molar-refractivity contribution in [3.8, 4) is 0 Å². The van der Waals surface area contributed by atoms with Crippen LogP contribution in [-0.4, -0.2) is 22.2 Å². The highest BCUT2D eigenvalue weighted by molar-refractivity contribution is 5.92. The second-order valence-corrected chi connectivity index (χ2v) is 6.86. The zero-order valence-electron chi connectivity index (χ0n) is 16.1. The molecule has 0 aliphatic carbocycles. The number of aromatic nitrogens is 2. The van der Waals surface area contributed by atoms with Gasteiger partial charge in [-0.1, -0.05) is 13.0 Å². The standard InChI is InChI=1S/C19H25FN4O.2ClH/c1-11(9-16-12(2)23-24(4)13(16)3)19(25)22-17-6-5-14-10-21-8-7-15(14)18(17)20;;/h5-6,11,21H,7-10H2,1-4H3,(H,22,25);2*1H. The van der Waals surface area contributed by atoms with Crippen molar-refractivity contribution in [2.45, 2.75) is 40.2 Å². The number of carbonyl (C=O) groups excluding carboxylic acids is 1. The number of anilines is 1. The Morgan fingerprint density at radius 1 is 1.37 bits per heavy atom.